The molecule has 0 aromatic rings. The topological polar surface area (TPSA) is 131 Å². The number of aliphatic hydroxyl groups is 1. The number of carbonyl (C=O) groups is 3. The summed E-state index contributed by atoms with van der Waals surface area (Å²) in [6, 6.07) is -2.02. The lowest BCUT2D eigenvalue weighted by Crippen LogP contribution is -2.63. The third kappa shape index (κ3) is 3.06. The first-order valence-electron chi connectivity index (χ1n) is 11.6. The van der Waals surface area contributed by atoms with Crippen molar-refractivity contribution in [2.45, 2.75) is 43.7 Å². The van der Waals surface area contributed by atoms with Crippen molar-refractivity contribution in [2.75, 3.05) is 20.5 Å². The summed E-state index contributed by atoms with van der Waals surface area (Å²) in [4.78, 5) is 49.9. The van der Waals surface area contributed by atoms with E-state index in [1.54, 1.807) is 6.92 Å². The predicted octanol–water partition coefficient (Wildman–Crippen LogP) is 0.0858. The molecule has 3 aliphatic heterocycles. The Bertz CT molecular complexity index is 926. The number of hydrogen-bond acceptors (Lipinski definition) is 7. The molecule has 0 aliphatic carbocycles. The minimum atomic E-state index is -3.29. The lowest BCUT2D eigenvalue weighted by atomic mass is 9.79. The second-order valence-electron chi connectivity index (χ2n) is 7.14. The number of aliphatic hydroxyl groups excluding tert-OH is 1. The zero-order valence-corrected chi connectivity index (χ0v) is 15.9. The van der Waals surface area contributed by atoms with Crippen molar-refractivity contribution in [3.8, 4) is 0 Å². The van der Waals surface area contributed by atoms with Gasteiger partial charge in [0.1, 0.15) is 11.7 Å². The van der Waals surface area contributed by atoms with Gasteiger partial charge < -0.3 is 20.0 Å². The van der Waals surface area contributed by atoms with Crippen LogP contribution in [0.3, 0.4) is 0 Å². The van der Waals surface area contributed by atoms with Crippen LogP contribution in [0, 0.1) is 16.7 Å². The van der Waals surface area contributed by atoms with Gasteiger partial charge in [-0.3, -0.25) is 9.59 Å². The molecule has 0 unspecified atom stereocenters. The number of thioether (sulfide) groups is 1. The fourth-order valence-electron chi connectivity index (χ4n) is 4.19. The Morgan fingerprint density at radius 1 is 1.43 bits per heavy atom. The maximum absolute atomic E-state index is 12.9. The van der Waals surface area contributed by atoms with Gasteiger partial charge in [-0.05, 0) is 13.3 Å². The van der Waals surface area contributed by atoms with E-state index in [-0.39, 0.29) is 23.6 Å². The number of carboxylic acids is 1. The van der Waals surface area contributed by atoms with Crippen LogP contribution in [-0.4, -0.2) is 86.7 Å². The van der Waals surface area contributed by atoms with Crippen LogP contribution >= 0.6 is 11.8 Å². The summed E-state index contributed by atoms with van der Waals surface area (Å²) in [6.45, 7) is -3.59. The van der Waals surface area contributed by atoms with E-state index in [9.17, 15) is 29.5 Å². The van der Waals surface area contributed by atoms with E-state index in [0.29, 0.717) is 4.91 Å². The van der Waals surface area contributed by atoms with Gasteiger partial charge in [0.25, 0.3) is 0 Å². The van der Waals surface area contributed by atoms with Gasteiger partial charge in [0, 0.05) is 38.2 Å². The SMILES string of the molecule is [2H]C([2H])([2H])N(C(=O)[C@@H]1C[C@H](SC2=C(C(=O)O)N3C(=O)[C@H]([C@@H](C)O)[C@H]3[C@H]2C)CN1N=O)C([2H])([2H])[2H]. The lowest BCUT2D eigenvalue weighted by Gasteiger charge is -2.46. The Labute approximate surface area is 174 Å². The molecule has 0 bridgehead atoms. The molecule has 2 fully saturated rings. The van der Waals surface area contributed by atoms with E-state index in [0.717, 1.165) is 21.7 Å². The maximum atomic E-state index is 12.9. The molecule has 2 amide bonds. The first kappa shape index (κ1) is 13.9. The lowest BCUT2D eigenvalue weighted by molar-refractivity contribution is -0.163. The van der Waals surface area contributed by atoms with Gasteiger partial charge >= 0.3 is 5.97 Å². The van der Waals surface area contributed by atoms with Crippen molar-refractivity contribution in [1.82, 2.24) is 14.8 Å². The molecular formula is C17H24N4O6S. The largest absolute Gasteiger partial charge is 0.477 e. The van der Waals surface area contributed by atoms with Crippen molar-refractivity contribution >= 4 is 29.5 Å². The molecule has 6 atom stereocenters. The number of fused-ring (bicyclic) bond motifs is 1. The van der Waals surface area contributed by atoms with Crippen LogP contribution in [0.25, 0.3) is 0 Å². The monoisotopic (exact) mass is 418 g/mol. The molecule has 28 heavy (non-hydrogen) atoms. The van der Waals surface area contributed by atoms with Crippen molar-refractivity contribution in [2.24, 2.45) is 17.1 Å². The third-order valence-electron chi connectivity index (χ3n) is 5.45. The summed E-state index contributed by atoms with van der Waals surface area (Å²) >= 11 is 1.02. The molecule has 154 valence electrons. The number of aliphatic carboxylic acids is 1. The number of hydrogen-bond donors (Lipinski definition) is 2. The molecule has 0 aromatic carbocycles. The number of amides is 2. The van der Waals surface area contributed by atoms with Gasteiger partial charge in [0.05, 0.1) is 29.9 Å². The Morgan fingerprint density at radius 3 is 2.64 bits per heavy atom. The molecule has 3 rings (SSSR count). The smallest absolute Gasteiger partial charge is 0.353 e. The molecule has 2 N–H and O–H groups in total. The van der Waals surface area contributed by atoms with Gasteiger partial charge in [0.15, 0.2) is 0 Å². The fourth-order valence-corrected chi connectivity index (χ4v) is 5.71. The van der Waals surface area contributed by atoms with Crippen molar-refractivity contribution in [3.63, 3.8) is 0 Å². The van der Waals surface area contributed by atoms with Crippen LogP contribution in [0.5, 0.6) is 0 Å². The minimum absolute atomic E-state index is 0.165. The summed E-state index contributed by atoms with van der Waals surface area (Å²) in [5.74, 6) is -4.40. The normalized spacial score (nSPS) is 37.0. The van der Waals surface area contributed by atoms with Crippen LogP contribution < -0.4 is 0 Å². The summed E-state index contributed by atoms with van der Waals surface area (Å²) in [5, 5.41) is 22.6. The number of β-lactam (4-membered cyclic amide) rings is 1. The Morgan fingerprint density at radius 2 is 2.11 bits per heavy atom. The Balaban J connectivity index is 1.86. The van der Waals surface area contributed by atoms with Crippen molar-refractivity contribution in [1.29, 1.82) is 0 Å². The molecule has 3 heterocycles. The predicted molar refractivity (Wildman–Crippen MR) is 101 cm³/mol. The maximum Gasteiger partial charge on any atom is 0.353 e. The molecule has 11 heteroatoms. The minimum Gasteiger partial charge on any atom is -0.477 e. The van der Waals surface area contributed by atoms with Crippen LogP contribution in [0.4, 0.5) is 0 Å². The average molecular weight is 419 g/mol. The van der Waals surface area contributed by atoms with Crippen molar-refractivity contribution in [3.05, 3.63) is 15.5 Å². The summed E-state index contributed by atoms with van der Waals surface area (Å²) < 4.78 is 44.6. The second-order valence-corrected chi connectivity index (χ2v) is 8.48. The second kappa shape index (κ2) is 7.36. The first-order chi connectivity index (χ1) is 15.5. The molecule has 3 aliphatic rings. The third-order valence-corrected chi connectivity index (χ3v) is 6.95. The molecule has 0 aromatic heterocycles. The van der Waals surface area contributed by atoms with Crippen LogP contribution in [0.15, 0.2) is 15.9 Å². The highest BCUT2D eigenvalue weighted by atomic mass is 32.2. The average Bonchev–Trinajstić information content (AvgIpc) is 3.17. The summed E-state index contributed by atoms with van der Waals surface area (Å²) in [5.41, 5.74) is -0.239. The van der Waals surface area contributed by atoms with E-state index >= 15 is 0 Å². The van der Waals surface area contributed by atoms with Crippen LogP contribution in [0.2, 0.25) is 0 Å². The number of rotatable bonds is 6. The number of nitroso groups, excluding NO2 is 1. The summed E-state index contributed by atoms with van der Waals surface area (Å²) in [7, 11) is 0. The number of carbonyl (C=O) groups excluding carboxylic acids is 2. The van der Waals surface area contributed by atoms with Crippen molar-refractivity contribution < 1.29 is 32.8 Å². The van der Waals surface area contributed by atoms with Gasteiger partial charge in [-0.15, -0.1) is 16.7 Å². The van der Waals surface area contributed by atoms with Gasteiger partial charge in [0.2, 0.25) is 11.8 Å². The van der Waals surface area contributed by atoms with E-state index in [1.165, 1.54) is 6.92 Å². The molecule has 10 nitrogen and oxygen atoms in total. The highest BCUT2D eigenvalue weighted by Crippen LogP contribution is 2.52. The van der Waals surface area contributed by atoms with E-state index in [2.05, 4.69) is 5.29 Å². The number of likely N-dealkylation sites (N-methyl/N-ethyl adjacent to an activating group) is 1. The zero-order chi connectivity index (χ0) is 25.9. The van der Waals surface area contributed by atoms with Gasteiger partial charge in [-0.25, -0.2) is 9.80 Å². The number of carboxylic acid groups (broad SMARTS) is 1. The molecule has 0 radical (unpaired) electrons. The quantitative estimate of drug-likeness (QED) is 0.458. The van der Waals surface area contributed by atoms with Crippen LogP contribution in [-0.2, 0) is 14.4 Å². The van der Waals surface area contributed by atoms with E-state index in [4.69, 9.17) is 8.22 Å². The van der Waals surface area contributed by atoms with E-state index < -0.39 is 67.0 Å². The van der Waals surface area contributed by atoms with Gasteiger partial charge in [-0.2, -0.15) is 0 Å². The first-order valence-corrected chi connectivity index (χ1v) is 9.49. The zero-order valence-electron chi connectivity index (χ0n) is 21.1. The Hall–Kier alpha value is -2.14. The molecule has 2 saturated heterocycles. The summed E-state index contributed by atoms with van der Waals surface area (Å²) in [6.07, 6.45) is -1.15. The Kier molecular flexibility index (Phi) is 3.66. The standard InChI is InChI=1S/C17H24N4O6S/c1-7-12-11(8(2)22)16(24)21(12)13(17(25)26)14(7)28-9-5-10(15(23)19(3)4)20(6-9)18-27/h7-12,22H,5-6H2,1-4H3,(H,25,26)/t7-,8-,9+,10+,11-,12-/m1/s1/i3D3,4D3. The highest BCUT2D eigenvalue weighted by molar-refractivity contribution is 8.03. The van der Waals surface area contributed by atoms with Gasteiger partial charge in [-0.1, -0.05) is 6.92 Å². The molecule has 0 spiro atoms. The van der Waals surface area contributed by atoms with E-state index in [1.807, 2.05) is 0 Å². The molecular weight excluding hydrogens is 388 g/mol. The number of nitrogens with zero attached hydrogens (tertiary/aromatic N) is 4. The fraction of sp³-hybridized carbons (Fsp3) is 0.706. The molecule has 0 saturated carbocycles. The highest BCUT2D eigenvalue weighted by Gasteiger charge is 2.60. The van der Waals surface area contributed by atoms with Crippen LogP contribution in [0.1, 0.15) is 28.5 Å².